The van der Waals surface area contributed by atoms with Crippen molar-refractivity contribution >= 4 is 11.5 Å². The Morgan fingerprint density at radius 3 is 2.39 bits per heavy atom. The van der Waals surface area contributed by atoms with Gasteiger partial charge in [0.15, 0.2) is 0 Å². The normalized spacial score (nSPS) is 11.7. The van der Waals surface area contributed by atoms with Gasteiger partial charge < -0.3 is 10.5 Å². The Hall–Kier alpha value is -2.20. The largest absolute Gasteiger partial charge is 0.573 e. The Kier molecular flexibility index (Phi) is 3.53. The minimum Gasteiger partial charge on any atom is -0.398 e. The first-order valence-electron chi connectivity index (χ1n) is 4.10. The summed E-state index contributed by atoms with van der Waals surface area (Å²) in [6.07, 6.45) is -8.57. The minimum absolute atomic E-state index is 0.308. The number of anilines is 1. The first-order valence-corrected chi connectivity index (χ1v) is 4.10. The van der Waals surface area contributed by atoms with Crippen LogP contribution in [-0.4, -0.2) is 16.3 Å². The van der Waals surface area contributed by atoms with Gasteiger partial charge in [-0.05, 0) is 0 Å². The average molecular weight is 273 g/mol. The van der Waals surface area contributed by atoms with Crippen LogP contribution in [0.3, 0.4) is 0 Å². The molecule has 0 aromatic carbocycles. The summed E-state index contributed by atoms with van der Waals surface area (Å²) in [6.45, 7) is 0. The van der Waals surface area contributed by atoms with Crippen LogP contribution in [0.5, 0.6) is 5.75 Å². The molecule has 1 aromatic heterocycles. The molecule has 18 heavy (non-hydrogen) atoms. The standard InChI is InChI=1S/C7H4F5N3O3/c8-5(9)3-4(18-7(10,11)12)2(15(16)17)1-14-6(3)13/h1,5H,(H2,13,14). The van der Waals surface area contributed by atoms with E-state index >= 15 is 0 Å². The van der Waals surface area contributed by atoms with Crippen LogP contribution >= 0.6 is 0 Å². The van der Waals surface area contributed by atoms with E-state index in [2.05, 4.69) is 9.72 Å². The predicted octanol–water partition coefficient (Wildman–Crippen LogP) is 2.41. The van der Waals surface area contributed by atoms with Gasteiger partial charge in [0.2, 0.25) is 5.75 Å². The van der Waals surface area contributed by atoms with E-state index in [-0.39, 0.29) is 0 Å². The van der Waals surface area contributed by atoms with Crippen LogP contribution in [0.15, 0.2) is 6.20 Å². The van der Waals surface area contributed by atoms with Crippen molar-refractivity contribution in [2.24, 2.45) is 0 Å². The molecule has 0 atom stereocenters. The zero-order valence-corrected chi connectivity index (χ0v) is 8.24. The van der Waals surface area contributed by atoms with E-state index in [1.807, 2.05) is 0 Å². The van der Waals surface area contributed by atoms with Crippen molar-refractivity contribution < 1.29 is 31.6 Å². The van der Waals surface area contributed by atoms with Crippen LogP contribution in [0.4, 0.5) is 33.5 Å². The number of nitro groups is 1. The van der Waals surface area contributed by atoms with Crippen molar-refractivity contribution in [3.8, 4) is 5.75 Å². The number of hydrogen-bond acceptors (Lipinski definition) is 5. The maximum Gasteiger partial charge on any atom is 0.573 e. The van der Waals surface area contributed by atoms with Gasteiger partial charge in [-0.3, -0.25) is 10.1 Å². The Balaban J connectivity index is 3.48. The summed E-state index contributed by atoms with van der Waals surface area (Å²) in [5.74, 6) is -2.63. The van der Waals surface area contributed by atoms with E-state index in [1.165, 1.54) is 0 Å². The molecule has 0 saturated carbocycles. The first-order chi connectivity index (χ1) is 8.13. The fourth-order valence-electron chi connectivity index (χ4n) is 1.08. The topological polar surface area (TPSA) is 91.3 Å². The van der Waals surface area contributed by atoms with Crippen LogP contribution in [0.25, 0.3) is 0 Å². The molecule has 0 unspecified atom stereocenters. The summed E-state index contributed by atoms with van der Waals surface area (Å²) in [6, 6.07) is 0. The molecule has 0 aliphatic carbocycles. The van der Waals surface area contributed by atoms with Gasteiger partial charge in [-0.25, -0.2) is 13.8 Å². The third-order valence-corrected chi connectivity index (χ3v) is 1.71. The number of hydrogen-bond donors (Lipinski definition) is 1. The van der Waals surface area contributed by atoms with Gasteiger partial charge >= 0.3 is 12.0 Å². The lowest BCUT2D eigenvalue weighted by Gasteiger charge is -2.13. The molecular formula is C7H4F5N3O3. The number of halogens is 5. The van der Waals surface area contributed by atoms with Gasteiger partial charge in [-0.2, -0.15) is 0 Å². The van der Waals surface area contributed by atoms with Gasteiger partial charge in [0.05, 0.1) is 4.92 Å². The molecule has 1 rings (SSSR count). The van der Waals surface area contributed by atoms with Crippen molar-refractivity contribution in [3.63, 3.8) is 0 Å². The van der Waals surface area contributed by atoms with Gasteiger partial charge in [-0.15, -0.1) is 13.2 Å². The lowest BCUT2D eigenvalue weighted by Crippen LogP contribution is -2.20. The van der Waals surface area contributed by atoms with E-state index < -0.39 is 40.5 Å². The molecule has 0 aliphatic heterocycles. The number of nitrogen functional groups attached to an aromatic ring is 1. The number of ether oxygens (including phenoxy) is 1. The molecule has 0 aliphatic rings. The molecule has 0 radical (unpaired) electrons. The zero-order chi connectivity index (χ0) is 14.1. The van der Waals surface area contributed by atoms with E-state index in [0.29, 0.717) is 6.20 Å². The molecular weight excluding hydrogens is 269 g/mol. The highest BCUT2D eigenvalue weighted by molar-refractivity contribution is 5.59. The highest BCUT2D eigenvalue weighted by Gasteiger charge is 2.38. The summed E-state index contributed by atoms with van der Waals surface area (Å²) >= 11 is 0. The Bertz CT molecular complexity index is 476. The molecule has 0 spiro atoms. The summed E-state index contributed by atoms with van der Waals surface area (Å²) in [7, 11) is 0. The fraction of sp³-hybridized carbons (Fsp3) is 0.286. The lowest BCUT2D eigenvalue weighted by atomic mass is 10.2. The molecule has 6 nitrogen and oxygen atoms in total. The molecule has 0 fully saturated rings. The first kappa shape index (κ1) is 13.9. The monoisotopic (exact) mass is 273 g/mol. The Morgan fingerprint density at radius 1 is 1.44 bits per heavy atom. The number of nitrogens with zero attached hydrogens (tertiary/aromatic N) is 2. The van der Waals surface area contributed by atoms with Crippen LogP contribution in [-0.2, 0) is 0 Å². The second-order valence-electron chi connectivity index (χ2n) is 2.88. The molecule has 0 bridgehead atoms. The van der Waals surface area contributed by atoms with Crippen LogP contribution in [0.1, 0.15) is 12.0 Å². The SMILES string of the molecule is Nc1ncc([N+](=O)[O-])c(OC(F)(F)F)c1C(F)F. The van der Waals surface area contributed by atoms with Crippen molar-refractivity contribution in [3.05, 3.63) is 21.9 Å². The van der Waals surface area contributed by atoms with Crippen molar-refractivity contribution in [1.29, 1.82) is 0 Å². The fourth-order valence-corrected chi connectivity index (χ4v) is 1.08. The number of aromatic nitrogens is 1. The van der Waals surface area contributed by atoms with Gasteiger partial charge in [0, 0.05) is 0 Å². The zero-order valence-electron chi connectivity index (χ0n) is 8.24. The Labute approximate surface area is 95.3 Å². The van der Waals surface area contributed by atoms with Crippen LogP contribution in [0, 0.1) is 10.1 Å². The Morgan fingerprint density at radius 2 is 2.00 bits per heavy atom. The molecule has 100 valence electrons. The summed E-state index contributed by atoms with van der Waals surface area (Å²) in [5.41, 5.74) is 2.13. The number of rotatable bonds is 3. The molecule has 1 aromatic rings. The van der Waals surface area contributed by atoms with Gasteiger partial charge in [0.1, 0.15) is 17.6 Å². The second kappa shape index (κ2) is 4.58. The van der Waals surface area contributed by atoms with E-state index in [1.54, 1.807) is 0 Å². The van der Waals surface area contributed by atoms with Crippen molar-refractivity contribution in [2.45, 2.75) is 12.8 Å². The number of nitrogens with two attached hydrogens (primary N) is 1. The minimum atomic E-state index is -5.37. The van der Waals surface area contributed by atoms with Crippen molar-refractivity contribution in [1.82, 2.24) is 4.98 Å². The molecule has 2 N–H and O–H groups in total. The summed E-state index contributed by atoms with van der Waals surface area (Å²) < 4.78 is 64.3. The maximum absolute atomic E-state index is 12.5. The van der Waals surface area contributed by atoms with Crippen LogP contribution < -0.4 is 10.5 Å². The molecule has 11 heteroatoms. The quantitative estimate of drug-likeness (QED) is 0.518. The van der Waals surface area contributed by atoms with E-state index in [9.17, 15) is 32.1 Å². The smallest absolute Gasteiger partial charge is 0.398 e. The maximum atomic E-state index is 12.5. The third-order valence-electron chi connectivity index (χ3n) is 1.71. The number of pyridine rings is 1. The molecule has 0 amide bonds. The summed E-state index contributed by atoms with van der Waals surface area (Å²) in [4.78, 5) is 12.1. The highest BCUT2D eigenvalue weighted by Crippen LogP contribution is 2.41. The van der Waals surface area contributed by atoms with E-state index in [4.69, 9.17) is 5.73 Å². The van der Waals surface area contributed by atoms with Gasteiger partial charge in [-0.1, -0.05) is 0 Å². The van der Waals surface area contributed by atoms with Gasteiger partial charge in [0.25, 0.3) is 6.43 Å². The lowest BCUT2D eigenvalue weighted by molar-refractivity contribution is -0.389. The second-order valence-corrected chi connectivity index (χ2v) is 2.88. The van der Waals surface area contributed by atoms with Crippen LogP contribution in [0.2, 0.25) is 0 Å². The summed E-state index contributed by atoms with van der Waals surface area (Å²) in [5, 5.41) is 10.4. The van der Waals surface area contributed by atoms with Crippen molar-refractivity contribution in [2.75, 3.05) is 5.73 Å². The average Bonchev–Trinajstić information content (AvgIpc) is 2.13. The number of alkyl halides is 5. The highest BCUT2D eigenvalue weighted by atomic mass is 19.4. The van der Waals surface area contributed by atoms with E-state index in [0.717, 1.165) is 0 Å². The molecule has 0 saturated heterocycles. The third kappa shape index (κ3) is 2.93. The predicted molar refractivity (Wildman–Crippen MR) is 46.9 cm³/mol. The molecule has 1 heterocycles.